The van der Waals surface area contributed by atoms with Crippen molar-refractivity contribution in [2.75, 3.05) is 19.6 Å². The van der Waals surface area contributed by atoms with Gasteiger partial charge in [-0.15, -0.1) is 0 Å². The summed E-state index contributed by atoms with van der Waals surface area (Å²) in [5, 5.41) is 7.83. The van der Waals surface area contributed by atoms with Gasteiger partial charge in [-0.3, -0.25) is 4.79 Å². The Balaban J connectivity index is 1.33. The Morgan fingerprint density at radius 2 is 2.17 bits per heavy atom. The van der Waals surface area contributed by atoms with E-state index in [1.54, 1.807) is 0 Å². The first-order chi connectivity index (χ1) is 11.2. The van der Waals surface area contributed by atoms with Crippen LogP contribution in [-0.4, -0.2) is 30.5 Å². The highest BCUT2D eigenvalue weighted by molar-refractivity contribution is 5.86. The van der Waals surface area contributed by atoms with Crippen LogP contribution in [0.25, 0.3) is 10.9 Å². The molecule has 1 aromatic heterocycles. The molecule has 1 saturated carbocycles. The number of rotatable bonds is 4. The summed E-state index contributed by atoms with van der Waals surface area (Å²) in [6.07, 6.45) is 6.37. The first-order valence-corrected chi connectivity index (χ1v) is 8.74. The summed E-state index contributed by atoms with van der Waals surface area (Å²) >= 11 is 0. The maximum Gasteiger partial charge on any atom is 0.223 e. The Kier molecular flexibility index (Phi) is 3.64. The van der Waals surface area contributed by atoms with Crippen LogP contribution < -0.4 is 10.6 Å². The smallest absolute Gasteiger partial charge is 0.223 e. The van der Waals surface area contributed by atoms with E-state index in [4.69, 9.17) is 0 Å². The van der Waals surface area contributed by atoms with Gasteiger partial charge in [0.1, 0.15) is 0 Å². The van der Waals surface area contributed by atoms with Crippen molar-refractivity contribution in [3.63, 3.8) is 0 Å². The van der Waals surface area contributed by atoms with Crippen molar-refractivity contribution in [2.24, 2.45) is 11.3 Å². The van der Waals surface area contributed by atoms with Crippen molar-refractivity contribution in [2.45, 2.75) is 32.6 Å². The zero-order valence-corrected chi connectivity index (χ0v) is 13.7. The number of carbonyl (C=O) groups excluding carboxylic acids is 1. The van der Waals surface area contributed by atoms with Gasteiger partial charge >= 0.3 is 0 Å². The third kappa shape index (κ3) is 2.65. The first-order valence-electron chi connectivity index (χ1n) is 8.74. The second kappa shape index (κ2) is 5.68. The number of H-pyrrole nitrogens is 1. The van der Waals surface area contributed by atoms with Gasteiger partial charge in [0.05, 0.1) is 0 Å². The molecule has 0 bridgehead atoms. The number of carbonyl (C=O) groups is 1. The van der Waals surface area contributed by atoms with E-state index in [2.05, 4.69) is 46.9 Å². The van der Waals surface area contributed by atoms with Crippen LogP contribution >= 0.6 is 0 Å². The number of fused-ring (bicyclic) bond motifs is 1. The average molecular weight is 311 g/mol. The first kappa shape index (κ1) is 14.8. The molecule has 2 aromatic rings. The predicted octanol–water partition coefficient (Wildman–Crippen LogP) is 2.52. The summed E-state index contributed by atoms with van der Waals surface area (Å²) in [4.78, 5) is 15.7. The number of para-hydroxylation sites is 1. The summed E-state index contributed by atoms with van der Waals surface area (Å²) in [7, 11) is 0. The standard InChI is InChI=1S/C19H25N3O/c1-13-3-2-4-15-14(12-22-17(13)15)5-8-21-18(23)16-11-19(16)6-9-20-10-7-19/h2-4,12,16,20,22H,5-11H2,1H3,(H,21,23). The van der Waals surface area contributed by atoms with Crippen molar-refractivity contribution in [3.8, 4) is 0 Å². The van der Waals surface area contributed by atoms with Crippen LogP contribution in [0.3, 0.4) is 0 Å². The monoisotopic (exact) mass is 311 g/mol. The zero-order valence-electron chi connectivity index (χ0n) is 13.7. The Hall–Kier alpha value is -1.81. The van der Waals surface area contributed by atoms with Crippen molar-refractivity contribution >= 4 is 16.8 Å². The molecule has 0 radical (unpaired) electrons. The van der Waals surface area contributed by atoms with Crippen LogP contribution in [0.2, 0.25) is 0 Å². The Labute approximate surface area is 137 Å². The number of amides is 1. The maximum atomic E-state index is 12.4. The van der Waals surface area contributed by atoms with Crippen molar-refractivity contribution in [3.05, 3.63) is 35.5 Å². The Morgan fingerprint density at radius 1 is 1.35 bits per heavy atom. The van der Waals surface area contributed by atoms with Crippen LogP contribution in [0.4, 0.5) is 0 Å². The normalized spacial score (nSPS) is 22.4. The molecule has 4 heteroatoms. The van der Waals surface area contributed by atoms with Gasteiger partial charge in [0.15, 0.2) is 0 Å². The van der Waals surface area contributed by atoms with Crippen LogP contribution in [0.5, 0.6) is 0 Å². The second-order valence-corrected chi connectivity index (χ2v) is 7.22. The molecule has 2 fully saturated rings. The summed E-state index contributed by atoms with van der Waals surface area (Å²) in [6.45, 7) is 4.98. The van der Waals surface area contributed by atoms with E-state index in [-0.39, 0.29) is 11.8 Å². The Bertz CT molecular complexity index is 727. The molecule has 1 aliphatic carbocycles. The zero-order chi connectivity index (χ0) is 15.9. The lowest BCUT2D eigenvalue weighted by Gasteiger charge is -2.23. The molecule has 3 N–H and O–H groups in total. The topological polar surface area (TPSA) is 56.9 Å². The SMILES string of the molecule is Cc1cccc2c(CCNC(=O)C3CC34CCNCC4)c[nH]c12. The quantitative estimate of drug-likeness (QED) is 0.812. The third-order valence-electron chi connectivity index (χ3n) is 5.81. The van der Waals surface area contributed by atoms with Crippen molar-refractivity contribution in [1.29, 1.82) is 0 Å². The number of aromatic amines is 1. The molecular weight excluding hydrogens is 286 g/mol. The van der Waals surface area contributed by atoms with E-state index >= 15 is 0 Å². The minimum atomic E-state index is 0.259. The van der Waals surface area contributed by atoms with E-state index in [9.17, 15) is 4.79 Å². The highest BCUT2D eigenvalue weighted by Crippen LogP contribution is 2.58. The molecule has 23 heavy (non-hydrogen) atoms. The number of benzene rings is 1. The van der Waals surface area contributed by atoms with Crippen LogP contribution in [0.1, 0.15) is 30.4 Å². The molecule has 1 spiro atoms. The van der Waals surface area contributed by atoms with Gasteiger partial charge in [-0.25, -0.2) is 0 Å². The maximum absolute atomic E-state index is 12.4. The molecule has 2 aliphatic rings. The largest absolute Gasteiger partial charge is 0.361 e. The van der Waals surface area contributed by atoms with Crippen LogP contribution in [-0.2, 0) is 11.2 Å². The molecule has 1 aromatic carbocycles. The van der Waals surface area contributed by atoms with Gasteiger partial charge in [0.2, 0.25) is 5.91 Å². The van der Waals surface area contributed by atoms with E-state index in [1.165, 1.54) is 22.0 Å². The van der Waals surface area contributed by atoms with E-state index < -0.39 is 0 Å². The van der Waals surface area contributed by atoms with Gasteiger partial charge in [-0.1, -0.05) is 18.2 Å². The van der Waals surface area contributed by atoms with Gasteiger partial charge < -0.3 is 15.6 Å². The molecular formula is C19H25N3O. The van der Waals surface area contributed by atoms with E-state index in [0.29, 0.717) is 5.41 Å². The molecule has 4 nitrogen and oxygen atoms in total. The molecule has 1 saturated heterocycles. The number of hydrogen-bond acceptors (Lipinski definition) is 2. The van der Waals surface area contributed by atoms with Crippen LogP contribution in [0, 0.1) is 18.3 Å². The Morgan fingerprint density at radius 3 is 3.00 bits per heavy atom. The molecule has 1 atom stereocenters. The molecule has 122 valence electrons. The second-order valence-electron chi connectivity index (χ2n) is 7.22. The number of nitrogens with one attached hydrogen (secondary N) is 3. The fourth-order valence-electron chi connectivity index (χ4n) is 4.21. The predicted molar refractivity (Wildman–Crippen MR) is 92.4 cm³/mol. The lowest BCUT2D eigenvalue weighted by molar-refractivity contribution is -0.123. The number of aryl methyl sites for hydroxylation is 1. The lowest BCUT2D eigenvalue weighted by Crippen LogP contribution is -2.34. The summed E-state index contributed by atoms with van der Waals surface area (Å²) < 4.78 is 0. The molecule has 4 rings (SSSR count). The highest BCUT2D eigenvalue weighted by Gasteiger charge is 2.57. The van der Waals surface area contributed by atoms with E-state index in [1.807, 2.05) is 0 Å². The van der Waals surface area contributed by atoms with Gasteiger partial charge in [0.25, 0.3) is 0 Å². The van der Waals surface area contributed by atoms with Gasteiger partial charge in [0, 0.05) is 29.6 Å². The number of aromatic nitrogens is 1. The minimum Gasteiger partial charge on any atom is -0.361 e. The summed E-state index contributed by atoms with van der Waals surface area (Å²) in [6, 6.07) is 6.37. The van der Waals surface area contributed by atoms with E-state index in [0.717, 1.165) is 45.3 Å². The highest BCUT2D eigenvalue weighted by atomic mass is 16.2. The number of piperidine rings is 1. The van der Waals surface area contributed by atoms with Gasteiger partial charge in [-0.2, -0.15) is 0 Å². The molecule has 1 amide bonds. The lowest BCUT2D eigenvalue weighted by atomic mass is 9.92. The minimum absolute atomic E-state index is 0.259. The molecule has 1 aliphatic heterocycles. The molecule has 2 heterocycles. The van der Waals surface area contributed by atoms with Gasteiger partial charge in [-0.05, 0) is 62.2 Å². The molecule has 1 unspecified atom stereocenters. The van der Waals surface area contributed by atoms with Crippen molar-refractivity contribution < 1.29 is 4.79 Å². The van der Waals surface area contributed by atoms with Crippen LogP contribution in [0.15, 0.2) is 24.4 Å². The average Bonchev–Trinajstić information content (AvgIpc) is 3.08. The summed E-state index contributed by atoms with van der Waals surface area (Å²) in [5.41, 5.74) is 4.09. The number of hydrogen-bond donors (Lipinski definition) is 3. The van der Waals surface area contributed by atoms with Crippen molar-refractivity contribution in [1.82, 2.24) is 15.6 Å². The fraction of sp³-hybridized carbons (Fsp3) is 0.526. The third-order valence-corrected chi connectivity index (χ3v) is 5.81. The summed E-state index contributed by atoms with van der Waals surface area (Å²) in [5.74, 6) is 0.526. The fourth-order valence-corrected chi connectivity index (χ4v) is 4.21.